The Morgan fingerprint density at radius 3 is 1.48 bits per heavy atom. The van der Waals surface area contributed by atoms with Crippen LogP contribution in [0.25, 0.3) is 33.5 Å². The van der Waals surface area contributed by atoms with Crippen molar-refractivity contribution in [3.05, 3.63) is 94.7 Å². The molecule has 6 aromatic rings. The number of hydrogen-bond acceptors (Lipinski definition) is 7. The highest BCUT2D eigenvalue weighted by molar-refractivity contribution is 9.11. The average Bonchev–Trinajstić information content (AvgIpc) is 3.96. The van der Waals surface area contributed by atoms with Crippen LogP contribution in [-0.2, 0) is 0 Å². The van der Waals surface area contributed by atoms with Crippen LogP contribution in [-0.4, -0.2) is 52.1 Å². The molecule has 0 saturated heterocycles. The molecule has 9 nitrogen and oxygen atoms in total. The first-order valence-electron chi connectivity index (χ1n) is 14.6. The van der Waals surface area contributed by atoms with Gasteiger partial charge in [-0.1, -0.05) is 31.2 Å². The van der Waals surface area contributed by atoms with Gasteiger partial charge in [0.15, 0.2) is 11.3 Å². The molecule has 0 aliphatic heterocycles. The zero-order chi connectivity index (χ0) is 30.3. The van der Waals surface area contributed by atoms with Crippen molar-refractivity contribution >= 4 is 43.2 Å². The summed E-state index contributed by atoms with van der Waals surface area (Å²) in [7, 11) is 0. The molecular weight excluding hydrogens is 688 g/mol. The van der Waals surface area contributed by atoms with Crippen molar-refractivity contribution in [2.24, 2.45) is 0 Å². The van der Waals surface area contributed by atoms with E-state index in [9.17, 15) is 5.11 Å². The van der Waals surface area contributed by atoms with Gasteiger partial charge in [0, 0.05) is 35.9 Å². The van der Waals surface area contributed by atoms with Gasteiger partial charge < -0.3 is 14.6 Å². The Hall–Kier alpha value is -3.80. The van der Waals surface area contributed by atoms with Gasteiger partial charge in [0.1, 0.15) is 22.7 Å². The van der Waals surface area contributed by atoms with Crippen LogP contribution in [0.5, 0.6) is 11.5 Å². The van der Waals surface area contributed by atoms with Gasteiger partial charge in [0.25, 0.3) is 0 Å². The van der Waals surface area contributed by atoms with Crippen molar-refractivity contribution in [2.45, 2.75) is 50.2 Å². The summed E-state index contributed by atoms with van der Waals surface area (Å²) in [5.41, 5.74) is 5.54. The van der Waals surface area contributed by atoms with Crippen LogP contribution in [0.4, 0.5) is 0 Å². The number of aliphatic hydroxyl groups is 1. The Labute approximate surface area is 271 Å². The smallest absolute Gasteiger partial charge is 0.169 e. The van der Waals surface area contributed by atoms with E-state index in [-0.39, 0.29) is 17.8 Å². The predicted octanol–water partition coefficient (Wildman–Crippen LogP) is 7.54. The standard InChI is InChI=1S/C17H16BrN3O.C16H14BrN3O2/c1-2-17(7-8-17)22-14-5-3-12(4-6-14)13-9-19-16-15(18)10-20-21(16)11-13;17-14-8-19-20-9-12(7-18-15(14)20)11-1-3-13(4-2-11)22-16(10-21)5-6-16/h3-6,9-11H,2,7-8H2,1H3;1-4,7-9,21H,5-6,10H2. The Kier molecular flexibility index (Phi) is 7.63. The van der Waals surface area contributed by atoms with Crippen LogP contribution in [0.15, 0.2) is 94.7 Å². The van der Waals surface area contributed by atoms with Gasteiger partial charge in [-0.3, -0.25) is 0 Å². The molecule has 0 bridgehead atoms. The lowest BCUT2D eigenvalue weighted by molar-refractivity contribution is 0.0954. The maximum Gasteiger partial charge on any atom is 0.169 e. The minimum absolute atomic E-state index is 0.0729. The highest BCUT2D eigenvalue weighted by atomic mass is 79.9. The summed E-state index contributed by atoms with van der Waals surface area (Å²) in [6, 6.07) is 16.0. The maximum absolute atomic E-state index is 9.31. The van der Waals surface area contributed by atoms with Crippen molar-refractivity contribution < 1.29 is 14.6 Å². The topological polar surface area (TPSA) is 99.1 Å². The van der Waals surface area contributed by atoms with Crippen LogP contribution in [0.3, 0.4) is 0 Å². The fourth-order valence-electron chi connectivity index (χ4n) is 5.02. The molecule has 0 spiro atoms. The summed E-state index contributed by atoms with van der Waals surface area (Å²) >= 11 is 6.85. The number of nitrogens with zero attached hydrogens (tertiary/aromatic N) is 6. The molecule has 4 heterocycles. The minimum atomic E-state index is -0.344. The van der Waals surface area contributed by atoms with Gasteiger partial charge in [0.2, 0.25) is 0 Å². The lowest BCUT2D eigenvalue weighted by atomic mass is 10.1. The van der Waals surface area contributed by atoms with Gasteiger partial charge >= 0.3 is 0 Å². The van der Waals surface area contributed by atoms with Gasteiger partial charge in [-0.15, -0.1) is 0 Å². The van der Waals surface area contributed by atoms with Gasteiger partial charge in [0.05, 0.1) is 27.9 Å². The van der Waals surface area contributed by atoms with Gasteiger partial charge in [-0.05, 0) is 99.4 Å². The van der Waals surface area contributed by atoms with Crippen LogP contribution in [0, 0.1) is 0 Å². The van der Waals surface area contributed by atoms with E-state index in [1.54, 1.807) is 21.4 Å². The number of ether oxygens (including phenoxy) is 2. The third-order valence-corrected chi connectivity index (χ3v) is 9.34. The molecule has 4 aromatic heterocycles. The molecule has 2 aliphatic rings. The molecular formula is C33H30Br2N6O3. The lowest BCUT2D eigenvalue weighted by Crippen LogP contribution is -2.22. The number of aromatic nitrogens is 6. The third-order valence-electron chi connectivity index (χ3n) is 8.22. The molecule has 0 amide bonds. The van der Waals surface area contributed by atoms with Crippen LogP contribution in [0.2, 0.25) is 0 Å². The zero-order valence-corrected chi connectivity index (χ0v) is 27.2. The van der Waals surface area contributed by atoms with E-state index >= 15 is 0 Å². The van der Waals surface area contributed by atoms with E-state index in [1.807, 2.05) is 61.2 Å². The number of rotatable bonds is 8. The number of benzene rings is 2. The van der Waals surface area contributed by atoms with Crippen molar-refractivity contribution in [2.75, 3.05) is 6.61 Å². The highest BCUT2D eigenvalue weighted by Gasteiger charge is 2.45. The van der Waals surface area contributed by atoms with E-state index in [4.69, 9.17) is 9.47 Å². The Morgan fingerprint density at radius 1 is 0.659 bits per heavy atom. The van der Waals surface area contributed by atoms with Crippen LogP contribution in [0.1, 0.15) is 39.0 Å². The summed E-state index contributed by atoms with van der Waals surface area (Å²) in [5, 5.41) is 17.8. The maximum atomic E-state index is 9.31. The molecule has 2 saturated carbocycles. The van der Waals surface area contributed by atoms with E-state index in [0.717, 1.165) is 73.3 Å². The largest absolute Gasteiger partial charge is 0.487 e. The average molecular weight is 718 g/mol. The van der Waals surface area contributed by atoms with E-state index < -0.39 is 0 Å². The molecule has 0 radical (unpaired) electrons. The molecule has 0 unspecified atom stereocenters. The lowest BCUT2D eigenvalue weighted by Gasteiger charge is -2.16. The Morgan fingerprint density at radius 2 is 1.09 bits per heavy atom. The number of aliphatic hydroxyl groups excluding tert-OH is 1. The van der Waals surface area contributed by atoms with Gasteiger partial charge in [-0.2, -0.15) is 10.2 Å². The molecule has 8 rings (SSSR count). The summed E-state index contributed by atoms with van der Waals surface area (Å²) < 4.78 is 17.2. The quantitative estimate of drug-likeness (QED) is 0.174. The normalized spacial score (nSPS) is 15.9. The van der Waals surface area contributed by atoms with Crippen molar-refractivity contribution in [1.82, 2.24) is 29.2 Å². The molecule has 0 atom stereocenters. The fourth-order valence-corrected chi connectivity index (χ4v) is 5.77. The van der Waals surface area contributed by atoms with Crippen molar-refractivity contribution in [3.63, 3.8) is 0 Å². The highest BCUT2D eigenvalue weighted by Crippen LogP contribution is 2.43. The second kappa shape index (κ2) is 11.6. The molecule has 224 valence electrons. The zero-order valence-electron chi connectivity index (χ0n) is 24.0. The van der Waals surface area contributed by atoms with Crippen molar-refractivity contribution in [1.29, 1.82) is 0 Å². The number of hydrogen-bond donors (Lipinski definition) is 1. The number of halogens is 2. The molecule has 44 heavy (non-hydrogen) atoms. The van der Waals surface area contributed by atoms with Crippen LogP contribution < -0.4 is 9.47 Å². The first kappa shape index (κ1) is 28.9. The summed E-state index contributed by atoms with van der Waals surface area (Å²) in [6.07, 6.45) is 16.3. The van der Waals surface area contributed by atoms with E-state index in [0.29, 0.717) is 0 Å². The minimum Gasteiger partial charge on any atom is -0.487 e. The summed E-state index contributed by atoms with van der Waals surface area (Å²) in [5.74, 6) is 1.73. The van der Waals surface area contributed by atoms with E-state index in [1.165, 1.54) is 12.8 Å². The Bertz CT molecular complexity index is 1790. The second-order valence-corrected chi connectivity index (χ2v) is 13.0. The second-order valence-electron chi connectivity index (χ2n) is 11.3. The first-order chi connectivity index (χ1) is 21.4. The summed E-state index contributed by atoms with van der Waals surface area (Å²) in [6.45, 7) is 2.26. The molecule has 2 fully saturated rings. The van der Waals surface area contributed by atoms with Crippen LogP contribution >= 0.6 is 31.9 Å². The SMILES string of the molecule is CCC1(Oc2ccc(-c3cnc4c(Br)cnn4c3)cc2)CC1.OCC1(Oc2ccc(-c3cnc4c(Br)cnn4c3)cc2)CC1. The summed E-state index contributed by atoms with van der Waals surface area (Å²) in [4.78, 5) is 8.86. The fraction of sp³-hybridized carbons (Fsp3) is 0.273. The molecule has 2 aromatic carbocycles. The third kappa shape index (κ3) is 5.96. The molecule has 11 heteroatoms. The van der Waals surface area contributed by atoms with Crippen molar-refractivity contribution in [3.8, 4) is 33.8 Å². The van der Waals surface area contributed by atoms with E-state index in [2.05, 4.69) is 71.1 Å². The first-order valence-corrected chi connectivity index (χ1v) is 16.1. The molecule has 1 N–H and O–H groups in total. The Balaban J connectivity index is 0.000000142. The predicted molar refractivity (Wildman–Crippen MR) is 175 cm³/mol. The number of fused-ring (bicyclic) bond motifs is 2. The van der Waals surface area contributed by atoms with Gasteiger partial charge in [-0.25, -0.2) is 19.0 Å². The monoisotopic (exact) mass is 716 g/mol. The molecule has 2 aliphatic carbocycles.